The van der Waals surface area contributed by atoms with Gasteiger partial charge in [0.2, 0.25) is 6.17 Å². The summed E-state index contributed by atoms with van der Waals surface area (Å²) in [6.07, 6.45) is -6.18. The molecule has 1 unspecified atom stereocenters. The summed E-state index contributed by atoms with van der Waals surface area (Å²) in [5, 5.41) is 0. The molecular weight excluding hydrogens is 181 g/mol. The first-order valence-electron chi connectivity index (χ1n) is 3.70. The molecule has 0 saturated heterocycles. The van der Waals surface area contributed by atoms with Crippen LogP contribution in [0.15, 0.2) is 30.3 Å². The van der Waals surface area contributed by atoms with E-state index in [4.69, 9.17) is 0 Å². The van der Waals surface area contributed by atoms with Gasteiger partial charge in [-0.2, -0.15) is 8.78 Å². The van der Waals surface area contributed by atoms with E-state index in [9.17, 15) is 13.2 Å². The van der Waals surface area contributed by atoms with Crippen molar-refractivity contribution in [3.8, 4) is 0 Å². The molecule has 4 heteroatoms. The minimum Gasteiger partial charge on any atom is -0.321 e. The SMILES string of the molecule is COC(F)(F)C(F)c1ccccc1. The molecule has 0 aliphatic heterocycles. The molecule has 0 aromatic heterocycles. The fraction of sp³-hybridized carbons (Fsp3) is 0.333. The number of methoxy groups -OCH3 is 1. The van der Waals surface area contributed by atoms with E-state index in [0.717, 1.165) is 7.11 Å². The lowest BCUT2D eigenvalue weighted by Gasteiger charge is -2.18. The van der Waals surface area contributed by atoms with E-state index in [2.05, 4.69) is 4.74 Å². The zero-order valence-electron chi connectivity index (χ0n) is 7.01. The summed E-state index contributed by atoms with van der Waals surface area (Å²) >= 11 is 0. The molecule has 0 spiro atoms. The Morgan fingerprint density at radius 2 is 1.77 bits per heavy atom. The molecule has 1 nitrogen and oxygen atoms in total. The Kier molecular flexibility index (Phi) is 2.93. The molecule has 0 heterocycles. The Morgan fingerprint density at radius 3 is 2.23 bits per heavy atom. The molecule has 0 radical (unpaired) electrons. The molecule has 13 heavy (non-hydrogen) atoms. The number of ether oxygens (including phenoxy) is 1. The van der Waals surface area contributed by atoms with Gasteiger partial charge in [0.05, 0.1) is 0 Å². The molecule has 1 rings (SSSR count). The van der Waals surface area contributed by atoms with E-state index in [-0.39, 0.29) is 5.56 Å². The van der Waals surface area contributed by atoms with E-state index in [1.165, 1.54) is 24.3 Å². The van der Waals surface area contributed by atoms with Crippen LogP contribution in [0.3, 0.4) is 0 Å². The van der Waals surface area contributed by atoms with Crippen LogP contribution in [-0.4, -0.2) is 13.2 Å². The van der Waals surface area contributed by atoms with Crippen molar-refractivity contribution >= 4 is 0 Å². The summed E-state index contributed by atoms with van der Waals surface area (Å²) < 4.78 is 42.1. The maximum absolute atomic E-state index is 13.0. The highest BCUT2D eigenvalue weighted by molar-refractivity contribution is 5.18. The Bertz CT molecular complexity index is 261. The molecule has 72 valence electrons. The van der Waals surface area contributed by atoms with Crippen molar-refractivity contribution in [2.75, 3.05) is 7.11 Å². The third-order valence-electron chi connectivity index (χ3n) is 1.66. The molecule has 0 saturated carbocycles. The quantitative estimate of drug-likeness (QED) is 0.712. The van der Waals surface area contributed by atoms with Crippen LogP contribution in [0, 0.1) is 0 Å². The highest BCUT2D eigenvalue weighted by atomic mass is 19.3. The van der Waals surface area contributed by atoms with E-state index in [0.29, 0.717) is 0 Å². The van der Waals surface area contributed by atoms with Gasteiger partial charge in [0.1, 0.15) is 0 Å². The van der Waals surface area contributed by atoms with Gasteiger partial charge >= 0.3 is 6.11 Å². The number of hydrogen-bond acceptors (Lipinski definition) is 1. The van der Waals surface area contributed by atoms with Gasteiger partial charge in [0.25, 0.3) is 0 Å². The summed E-state index contributed by atoms with van der Waals surface area (Å²) in [5.74, 6) is 0. The van der Waals surface area contributed by atoms with Crippen LogP contribution in [0.1, 0.15) is 11.7 Å². The second-order valence-electron chi connectivity index (χ2n) is 2.54. The highest BCUT2D eigenvalue weighted by Crippen LogP contribution is 2.34. The Morgan fingerprint density at radius 1 is 1.23 bits per heavy atom. The summed E-state index contributed by atoms with van der Waals surface area (Å²) in [6.45, 7) is 0. The molecule has 0 aliphatic carbocycles. The van der Waals surface area contributed by atoms with Crippen LogP contribution in [0.2, 0.25) is 0 Å². The number of alkyl halides is 3. The molecule has 0 N–H and O–H groups in total. The maximum Gasteiger partial charge on any atom is 0.390 e. The summed E-state index contributed by atoms with van der Waals surface area (Å²) in [7, 11) is 0.773. The lowest BCUT2D eigenvalue weighted by molar-refractivity contribution is -0.261. The molecular formula is C9H9F3O. The van der Waals surface area contributed by atoms with Crippen molar-refractivity contribution in [2.45, 2.75) is 12.3 Å². The van der Waals surface area contributed by atoms with Crippen molar-refractivity contribution in [1.29, 1.82) is 0 Å². The third-order valence-corrected chi connectivity index (χ3v) is 1.66. The van der Waals surface area contributed by atoms with E-state index in [1.54, 1.807) is 6.07 Å². The first-order valence-corrected chi connectivity index (χ1v) is 3.70. The first kappa shape index (κ1) is 10.1. The molecule has 1 aromatic rings. The average Bonchev–Trinajstić information content (AvgIpc) is 2.18. The normalized spacial score (nSPS) is 14.2. The van der Waals surface area contributed by atoms with E-state index < -0.39 is 12.3 Å². The van der Waals surface area contributed by atoms with Crippen LogP contribution in [0.5, 0.6) is 0 Å². The van der Waals surface area contributed by atoms with Crippen LogP contribution >= 0.6 is 0 Å². The van der Waals surface area contributed by atoms with Crippen molar-refractivity contribution in [1.82, 2.24) is 0 Å². The number of hydrogen-bond donors (Lipinski definition) is 0. The second kappa shape index (κ2) is 3.79. The fourth-order valence-electron chi connectivity index (χ4n) is 0.920. The Balaban J connectivity index is 2.85. The standard InChI is InChI=1S/C9H9F3O/c1-13-9(11,12)8(10)7-5-3-2-4-6-7/h2-6,8H,1H3. The summed E-state index contributed by atoms with van der Waals surface area (Å²) in [6, 6.07) is 7.19. The smallest absolute Gasteiger partial charge is 0.321 e. The van der Waals surface area contributed by atoms with Gasteiger partial charge in [-0.15, -0.1) is 0 Å². The molecule has 1 aromatic carbocycles. The van der Waals surface area contributed by atoms with Crippen molar-refractivity contribution in [2.24, 2.45) is 0 Å². The molecule has 0 fully saturated rings. The Hall–Kier alpha value is -1.03. The van der Waals surface area contributed by atoms with Crippen LogP contribution < -0.4 is 0 Å². The minimum atomic E-state index is -3.76. The number of halogens is 3. The molecule has 0 aliphatic rings. The molecule has 1 atom stereocenters. The van der Waals surface area contributed by atoms with Crippen molar-refractivity contribution < 1.29 is 17.9 Å². The lowest BCUT2D eigenvalue weighted by Crippen LogP contribution is -2.25. The first-order chi connectivity index (χ1) is 6.08. The third kappa shape index (κ3) is 2.21. The monoisotopic (exact) mass is 190 g/mol. The van der Waals surface area contributed by atoms with Crippen molar-refractivity contribution in [3.63, 3.8) is 0 Å². The van der Waals surface area contributed by atoms with Crippen molar-refractivity contribution in [3.05, 3.63) is 35.9 Å². The van der Waals surface area contributed by atoms with Gasteiger partial charge < -0.3 is 4.74 Å². The molecule has 0 bridgehead atoms. The van der Waals surface area contributed by atoms with Gasteiger partial charge in [0.15, 0.2) is 0 Å². The summed E-state index contributed by atoms with van der Waals surface area (Å²) in [4.78, 5) is 0. The van der Waals surface area contributed by atoms with E-state index in [1.807, 2.05) is 0 Å². The molecule has 0 amide bonds. The number of rotatable bonds is 3. The minimum absolute atomic E-state index is 0.0886. The summed E-state index contributed by atoms with van der Waals surface area (Å²) in [5.41, 5.74) is -0.0886. The predicted octanol–water partition coefficient (Wildman–Crippen LogP) is 2.94. The zero-order valence-corrected chi connectivity index (χ0v) is 7.01. The maximum atomic E-state index is 13.0. The highest BCUT2D eigenvalue weighted by Gasteiger charge is 2.41. The van der Waals surface area contributed by atoms with E-state index >= 15 is 0 Å². The van der Waals surface area contributed by atoms with Gasteiger partial charge in [-0.05, 0) is 5.56 Å². The zero-order chi connectivity index (χ0) is 9.90. The van der Waals surface area contributed by atoms with Gasteiger partial charge in [-0.3, -0.25) is 0 Å². The van der Waals surface area contributed by atoms with Gasteiger partial charge in [-0.25, -0.2) is 4.39 Å². The average molecular weight is 190 g/mol. The fourth-order valence-corrected chi connectivity index (χ4v) is 0.920. The second-order valence-corrected chi connectivity index (χ2v) is 2.54. The van der Waals surface area contributed by atoms with Crippen LogP contribution in [0.25, 0.3) is 0 Å². The topological polar surface area (TPSA) is 9.23 Å². The van der Waals surface area contributed by atoms with Crippen LogP contribution in [-0.2, 0) is 4.74 Å². The lowest BCUT2D eigenvalue weighted by atomic mass is 10.1. The predicted molar refractivity (Wildman–Crippen MR) is 42.2 cm³/mol. The largest absolute Gasteiger partial charge is 0.390 e. The number of benzene rings is 1. The van der Waals surface area contributed by atoms with Crippen LogP contribution in [0.4, 0.5) is 13.2 Å². The van der Waals surface area contributed by atoms with Gasteiger partial charge in [0, 0.05) is 7.11 Å². The van der Waals surface area contributed by atoms with Gasteiger partial charge in [-0.1, -0.05) is 30.3 Å². The Labute approximate surface area is 74.1 Å².